The van der Waals surface area contributed by atoms with Gasteiger partial charge in [-0.05, 0) is 19.3 Å². The molecule has 0 atom stereocenters. The van der Waals surface area contributed by atoms with E-state index in [0.717, 1.165) is 19.3 Å². The molecule has 1 saturated carbocycles. The summed E-state index contributed by atoms with van der Waals surface area (Å²) in [6, 6.07) is 0. The molecule has 4 heteroatoms. The summed E-state index contributed by atoms with van der Waals surface area (Å²) in [5, 5.41) is 11.1. The summed E-state index contributed by atoms with van der Waals surface area (Å²) < 4.78 is 0. The van der Waals surface area contributed by atoms with Crippen LogP contribution in [0.5, 0.6) is 0 Å². The number of rotatable bonds is 4. The molecule has 1 fully saturated rings. The van der Waals surface area contributed by atoms with Gasteiger partial charge in [0.1, 0.15) is 0 Å². The van der Waals surface area contributed by atoms with Crippen LogP contribution < -0.4 is 5.32 Å². The van der Waals surface area contributed by atoms with Crippen molar-refractivity contribution < 1.29 is 14.7 Å². The van der Waals surface area contributed by atoms with Gasteiger partial charge in [-0.2, -0.15) is 0 Å². The SMILES string of the molecule is O=CNC1(CC(=O)O)CCC1. The van der Waals surface area contributed by atoms with E-state index in [-0.39, 0.29) is 6.42 Å². The van der Waals surface area contributed by atoms with E-state index in [2.05, 4.69) is 5.32 Å². The Labute approximate surface area is 64.6 Å². The lowest BCUT2D eigenvalue weighted by molar-refractivity contribution is -0.139. The third kappa shape index (κ3) is 1.69. The van der Waals surface area contributed by atoms with Gasteiger partial charge >= 0.3 is 5.97 Å². The summed E-state index contributed by atoms with van der Waals surface area (Å²) in [6.45, 7) is 0. The molecule has 2 N–H and O–H groups in total. The van der Waals surface area contributed by atoms with E-state index in [4.69, 9.17) is 5.11 Å². The minimum Gasteiger partial charge on any atom is -0.481 e. The van der Waals surface area contributed by atoms with Crippen molar-refractivity contribution in [1.82, 2.24) is 5.32 Å². The zero-order valence-corrected chi connectivity index (χ0v) is 6.17. The zero-order chi connectivity index (χ0) is 8.32. The van der Waals surface area contributed by atoms with Gasteiger partial charge in [0.25, 0.3) is 0 Å². The smallest absolute Gasteiger partial charge is 0.305 e. The van der Waals surface area contributed by atoms with E-state index in [1.54, 1.807) is 0 Å². The van der Waals surface area contributed by atoms with Gasteiger partial charge in [0.2, 0.25) is 6.41 Å². The standard InChI is InChI=1S/C7H11NO3/c9-5-8-7(2-1-3-7)4-6(10)11/h5H,1-4H2,(H,8,9)(H,10,11). The molecule has 0 aromatic heterocycles. The molecular weight excluding hydrogens is 146 g/mol. The summed E-state index contributed by atoms with van der Waals surface area (Å²) in [5.41, 5.74) is -0.423. The van der Waals surface area contributed by atoms with Gasteiger partial charge < -0.3 is 10.4 Å². The maximum Gasteiger partial charge on any atom is 0.305 e. The quantitative estimate of drug-likeness (QED) is 0.570. The fourth-order valence-corrected chi connectivity index (χ4v) is 1.39. The van der Waals surface area contributed by atoms with Crippen LogP contribution in [0.25, 0.3) is 0 Å². The number of hydrogen-bond donors (Lipinski definition) is 2. The molecule has 0 saturated heterocycles. The van der Waals surface area contributed by atoms with Crippen LogP contribution in [-0.4, -0.2) is 23.0 Å². The largest absolute Gasteiger partial charge is 0.481 e. The van der Waals surface area contributed by atoms with Gasteiger partial charge in [0, 0.05) is 0 Å². The van der Waals surface area contributed by atoms with Crippen LogP contribution in [-0.2, 0) is 9.59 Å². The fourth-order valence-electron chi connectivity index (χ4n) is 1.39. The van der Waals surface area contributed by atoms with Crippen molar-refractivity contribution in [3.05, 3.63) is 0 Å². The van der Waals surface area contributed by atoms with Crippen LogP contribution >= 0.6 is 0 Å². The number of hydrogen-bond acceptors (Lipinski definition) is 2. The second kappa shape index (κ2) is 2.90. The molecule has 0 aromatic carbocycles. The van der Waals surface area contributed by atoms with E-state index in [1.165, 1.54) is 0 Å². The first kappa shape index (κ1) is 8.04. The molecular formula is C7H11NO3. The van der Waals surface area contributed by atoms with E-state index in [9.17, 15) is 9.59 Å². The van der Waals surface area contributed by atoms with Crippen molar-refractivity contribution in [3.63, 3.8) is 0 Å². The maximum atomic E-state index is 10.3. The first-order chi connectivity index (χ1) is 5.18. The molecule has 0 spiro atoms. The fraction of sp³-hybridized carbons (Fsp3) is 0.714. The Kier molecular flexibility index (Phi) is 2.12. The first-order valence-electron chi connectivity index (χ1n) is 3.62. The summed E-state index contributed by atoms with van der Waals surface area (Å²) >= 11 is 0. The van der Waals surface area contributed by atoms with Crippen molar-refractivity contribution in [3.8, 4) is 0 Å². The summed E-state index contributed by atoms with van der Waals surface area (Å²) in [7, 11) is 0. The third-order valence-electron chi connectivity index (χ3n) is 2.17. The van der Waals surface area contributed by atoms with E-state index in [0.29, 0.717) is 6.41 Å². The predicted octanol–water partition coefficient (Wildman–Crippen LogP) is 0.130. The zero-order valence-electron chi connectivity index (χ0n) is 6.17. The minimum absolute atomic E-state index is 0.0474. The first-order valence-corrected chi connectivity index (χ1v) is 3.62. The molecule has 62 valence electrons. The number of nitrogens with one attached hydrogen (secondary N) is 1. The Bertz CT molecular complexity index is 175. The molecule has 0 aromatic rings. The predicted molar refractivity (Wildman–Crippen MR) is 38.0 cm³/mol. The average molecular weight is 157 g/mol. The number of amides is 1. The van der Waals surface area contributed by atoms with Gasteiger partial charge in [-0.3, -0.25) is 9.59 Å². The van der Waals surface area contributed by atoms with Crippen LogP contribution in [0, 0.1) is 0 Å². The highest BCUT2D eigenvalue weighted by atomic mass is 16.4. The normalized spacial score (nSPS) is 20.0. The van der Waals surface area contributed by atoms with Crippen LogP contribution in [0.15, 0.2) is 0 Å². The summed E-state index contributed by atoms with van der Waals surface area (Å²) in [6.07, 6.45) is 3.22. The second-order valence-electron chi connectivity index (χ2n) is 2.97. The molecule has 0 radical (unpaired) electrons. The Balaban J connectivity index is 2.45. The van der Waals surface area contributed by atoms with Crippen molar-refractivity contribution in [2.75, 3.05) is 0 Å². The number of carbonyl (C=O) groups excluding carboxylic acids is 1. The lowest BCUT2D eigenvalue weighted by Gasteiger charge is -2.40. The Hall–Kier alpha value is -1.06. The Morgan fingerprint density at radius 3 is 2.55 bits per heavy atom. The molecule has 1 aliphatic carbocycles. The lowest BCUT2D eigenvalue weighted by Crippen LogP contribution is -2.51. The highest BCUT2D eigenvalue weighted by molar-refractivity contribution is 5.69. The molecule has 0 unspecified atom stereocenters. The van der Waals surface area contributed by atoms with Crippen molar-refractivity contribution in [1.29, 1.82) is 0 Å². The molecule has 4 nitrogen and oxygen atoms in total. The lowest BCUT2D eigenvalue weighted by atomic mass is 9.74. The highest BCUT2D eigenvalue weighted by Crippen LogP contribution is 2.34. The van der Waals surface area contributed by atoms with E-state index >= 15 is 0 Å². The number of carbonyl (C=O) groups is 2. The van der Waals surface area contributed by atoms with Crippen molar-refractivity contribution >= 4 is 12.4 Å². The third-order valence-corrected chi connectivity index (χ3v) is 2.17. The van der Waals surface area contributed by atoms with E-state index in [1.807, 2.05) is 0 Å². The topological polar surface area (TPSA) is 66.4 Å². The van der Waals surface area contributed by atoms with Crippen LogP contribution in [0.4, 0.5) is 0 Å². The highest BCUT2D eigenvalue weighted by Gasteiger charge is 2.38. The monoisotopic (exact) mass is 157 g/mol. The molecule has 1 aliphatic rings. The number of carboxylic acids is 1. The van der Waals surface area contributed by atoms with Crippen molar-refractivity contribution in [2.24, 2.45) is 0 Å². The Morgan fingerprint density at radius 1 is 1.64 bits per heavy atom. The van der Waals surface area contributed by atoms with Crippen LogP contribution in [0.1, 0.15) is 25.7 Å². The van der Waals surface area contributed by atoms with Gasteiger partial charge in [0.15, 0.2) is 0 Å². The molecule has 0 bridgehead atoms. The van der Waals surface area contributed by atoms with Gasteiger partial charge in [-0.25, -0.2) is 0 Å². The molecule has 1 amide bonds. The van der Waals surface area contributed by atoms with Gasteiger partial charge in [-0.1, -0.05) is 0 Å². The van der Waals surface area contributed by atoms with Crippen LogP contribution in [0.3, 0.4) is 0 Å². The number of aliphatic carboxylic acids is 1. The molecule has 0 heterocycles. The van der Waals surface area contributed by atoms with Gasteiger partial charge in [0.05, 0.1) is 12.0 Å². The number of carboxylic acid groups (broad SMARTS) is 1. The average Bonchev–Trinajstić information content (AvgIpc) is 1.82. The van der Waals surface area contributed by atoms with Gasteiger partial charge in [-0.15, -0.1) is 0 Å². The maximum absolute atomic E-state index is 10.3. The van der Waals surface area contributed by atoms with Crippen molar-refractivity contribution in [2.45, 2.75) is 31.2 Å². The Morgan fingerprint density at radius 2 is 2.27 bits per heavy atom. The van der Waals surface area contributed by atoms with Crippen LogP contribution in [0.2, 0.25) is 0 Å². The minimum atomic E-state index is -0.848. The summed E-state index contributed by atoms with van der Waals surface area (Å²) in [5.74, 6) is -0.848. The molecule has 1 rings (SSSR count). The summed E-state index contributed by atoms with van der Waals surface area (Å²) in [4.78, 5) is 20.4. The molecule has 0 aliphatic heterocycles. The molecule has 11 heavy (non-hydrogen) atoms. The second-order valence-corrected chi connectivity index (χ2v) is 2.97. The van der Waals surface area contributed by atoms with E-state index < -0.39 is 11.5 Å².